The van der Waals surface area contributed by atoms with Gasteiger partial charge in [0.05, 0.1) is 5.92 Å². The van der Waals surface area contributed by atoms with Crippen LogP contribution in [0, 0.1) is 13.8 Å². The normalized spacial score (nSPS) is 12.2. The first-order valence-corrected chi connectivity index (χ1v) is 11.8. The van der Waals surface area contributed by atoms with Crippen molar-refractivity contribution in [3.8, 4) is 0 Å². The number of alkyl halides is 3. The second-order valence-electron chi connectivity index (χ2n) is 7.65. The molecule has 1 amide bonds. The Morgan fingerprint density at radius 3 is 1.88 bits per heavy atom. The van der Waals surface area contributed by atoms with Gasteiger partial charge in [-0.15, -0.1) is 0 Å². The molecule has 0 saturated carbocycles. The van der Waals surface area contributed by atoms with Crippen LogP contribution in [0.1, 0.15) is 28.2 Å². The molecule has 0 aliphatic carbocycles. The number of aryl methyl sites for hydroxylation is 2. The van der Waals surface area contributed by atoms with Gasteiger partial charge in [0.1, 0.15) is 6.17 Å². The van der Waals surface area contributed by atoms with E-state index in [0.29, 0.717) is 0 Å². The Morgan fingerprint density at radius 2 is 1.39 bits per heavy atom. The largest absolute Gasteiger partial charge is 0.339 e. The smallest absolute Gasteiger partial charge is 0.233 e. The molecule has 0 aliphatic rings. The highest BCUT2D eigenvalue weighted by Crippen LogP contribution is 2.31. The Bertz CT molecular complexity index is 1070. The molecule has 3 aromatic rings. The fourth-order valence-corrected chi connectivity index (χ4v) is 4.01. The molecular weight excluding hydrogens is 497 g/mol. The Balaban J connectivity index is 1.81. The fourth-order valence-electron chi connectivity index (χ4n) is 3.45. The first-order valence-electron chi connectivity index (χ1n) is 10.3. The van der Waals surface area contributed by atoms with Crippen molar-refractivity contribution in [3.05, 3.63) is 101 Å². The number of hydrogen-bond donors (Lipinski definition) is 3. The molecule has 0 aromatic heterocycles. The van der Waals surface area contributed by atoms with Gasteiger partial charge < -0.3 is 16.0 Å². The van der Waals surface area contributed by atoms with Gasteiger partial charge in [-0.2, -0.15) is 0 Å². The lowest BCUT2D eigenvalue weighted by Crippen LogP contribution is -2.57. The van der Waals surface area contributed by atoms with Gasteiger partial charge in [0.25, 0.3) is 0 Å². The minimum Gasteiger partial charge on any atom is -0.339 e. The van der Waals surface area contributed by atoms with E-state index in [4.69, 9.17) is 47.0 Å². The van der Waals surface area contributed by atoms with Gasteiger partial charge in [-0.3, -0.25) is 4.79 Å². The third-order valence-electron chi connectivity index (χ3n) is 5.05. The van der Waals surface area contributed by atoms with Gasteiger partial charge in [-0.25, -0.2) is 0 Å². The number of benzene rings is 3. The third kappa shape index (κ3) is 7.08. The molecule has 172 valence electrons. The van der Waals surface area contributed by atoms with Crippen molar-refractivity contribution >= 4 is 63.7 Å². The Kier molecular flexibility index (Phi) is 8.60. The number of thiocarbonyl (C=S) groups is 1. The summed E-state index contributed by atoms with van der Waals surface area (Å²) in [4.78, 5) is 13.4. The first kappa shape index (κ1) is 25.3. The maximum absolute atomic E-state index is 13.4. The molecule has 33 heavy (non-hydrogen) atoms. The van der Waals surface area contributed by atoms with Gasteiger partial charge in [0, 0.05) is 5.69 Å². The van der Waals surface area contributed by atoms with Crippen molar-refractivity contribution in [1.29, 1.82) is 0 Å². The van der Waals surface area contributed by atoms with Crippen LogP contribution in [0.5, 0.6) is 0 Å². The van der Waals surface area contributed by atoms with Gasteiger partial charge in [0.2, 0.25) is 9.70 Å². The average Bonchev–Trinajstić information content (AvgIpc) is 2.76. The molecule has 0 spiro atoms. The van der Waals surface area contributed by atoms with Crippen LogP contribution in [0.25, 0.3) is 0 Å². The Labute approximate surface area is 214 Å². The van der Waals surface area contributed by atoms with Crippen LogP contribution in [0.3, 0.4) is 0 Å². The van der Waals surface area contributed by atoms with E-state index in [-0.39, 0.29) is 11.0 Å². The van der Waals surface area contributed by atoms with E-state index in [1.807, 2.05) is 92.7 Å². The van der Waals surface area contributed by atoms with Crippen molar-refractivity contribution in [3.63, 3.8) is 0 Å². The van der Waals surface area contributed by atoms with E-state index in [1.54, 1.807) is 0 Å². The monoisotopic (exact) mass is 519 g/mol. The summed E-state index contributed by atoms with van der Waals surface area (Å²) >= 11 is 24.0. The zero-order valence-corrected chi connectivity index (χ0v) is 21.2. The fraction of sp³-hybridized carbons (Fsp3) is 0.200. The minimum atomic E-state index is -1.86. The van der Waals surface area contributed by atoms with Crippen LogP contribution in [-0.4, -0.2) is 21.0 Å². The topological polar surface area (TPSA) is 53.2 Å². The van der Waals surface area contributed by atoms with E-state index >= 15 is 0 Å². The zero-order valence-electron chi connectivity index (χ0n) is 18.1. The second kappa shape index (κ2) is 11.2. The molecule has 4 nitrogen and oxygen atoms in total. The van der Waals surface area contributed by atoms with Gasteiger partial charge >= 0.3 is 0 Å². The zero-order chi connectivity index (χ0) is 24.0. The molecule has 1 atom stereocenters. The first-order chi connectivity index (χ1) is 15.6. The van der Waals surface area contributed by atoms with Crippen LogP contribution in [-0.2, 0) is 4.79 Å². The average molecular weight is 521 g/mol. The maximum Gasteiger partial charge on any atom is 0.233 e. The highest BCUT2D eigenvalue weighted by Gasteiger charge is 2.36. The predicted molar refractivity (Wildman–Crippen MR) is 142 cm³/mol. The lowest BCUT2D eigenvalue weighted by molar-refractivity contribution is -0.122. The van der Waals surface area contributed by atoms with Gasteiger partial charge in [-0.05, 0) is 48.8 Å². The van der Waals surface area contributed by atoms with Crippen LogP contribution in [0.2, 0.25) is 0 Å². The maximum atomic E-state index is 13.4. The van der Waals surface area contributed by atoms with Gasteiger partial charge in [0.15, 0.2) is 5.11 Å². The summed E-state index contributed by atoms with van der Waals surface area (Å²) in [7, 11) is 0. The summed E-state index contributed by atoms with van der Waals surface area (Å²) in [5.74, 6) is -0.921. The van der Waals surface area contributed by atoms with E-state index < -0.39 is 15.9 Å². The van der Waals surface area contributed by atoms with Crippen molar-refractivity contribution in [2.24, 2.45) is 0 Å². The molecule has 3 aromatic carbocycles. The molecule has 0 unspecified atom stereocenters. The van der Waals surface area contributed by atoms with Gasteiger partial charge in [-0.1, -0.05) is 113 Å². The van der Waals surface area contributed by atoms with Crippen LogP contribution >= 0.6 is 47.0 Å². The van der Waals surface area contributed by atoms with E-state index in [1.165, 1.54) is 0 Å². The summed E-state index contributed by atoms with van der Waals surface area (Å²) < 4.78 is -1.86. The van der Waals surface area contributed by atoms with Crippen molar-refractivity contribution < 1.29 is 4.79 Å². The number of amides is 1. The molecule has 0 heterocycles. The lowest BCUT2D eigenvalue weighted by atomic mass is 9.90. The number of carbonyl (C=O) groups is 1. The van der Waals surface area contributed by atoms with E-state index in [0.717, 1.165) is 27.9 Å². The Morgan fingerprint density at radius 1 is 0.848 bits per heavy atom. The van der Waals surface area contributed by atoms with E-state index in [2.05, 4.69) is 16.0 Å². The number of rotatable bonds is 6. The molecular formula is C25H24Cl3N3OS. The summed E-state index contributed by atoms with van der Waals surface area (Å²) in [6, 6.07) is 24.8. The molecule has 0 radical (unpaired) electrons. The minimum absolute atomic E-state index is 0.217. The molecule has 3 rings (SSSR count). The van der Waals surface area contributed by atoms with Crippen molar-refractivity contribution in [2.75, 3.05) is 5.32 Å². The van der Waals surface area contributed by atoms with Crippen LogP contribution in [0.15, 0.2) is 78.9 Å². The highest BCUT2D eigenvalue weighted by atomic mass is 35.6. The molecule has 8 heteroatoms. The number of carbonyl (C=O) groups excluding carboxylic acids is 1. The lowest BCUT2D eigenvalue weighted by Gasteiger charge is -2.30. The second-order valence-corrected chi connectivity index (χ2v) is 10.4. The van der Waals surface area contributed by atoms with Crippen LogP contribution in [0.4, 0.5) is 5.69 Å². The number of halogens is 3. The van der Waals surface area contributed by atoms with Crippen molar-refractivity contribution in [2.45, 2.75) is 29.7 Å². The third-order valence-corrected chi connectivity index (χ3v) is 5.92. The molecule has 0 bridgehead atoms. The van der Waals surface area contributed by atoms with Crippen LogP contribution < -0.4 is 16.0 Å². The SMILES string of the molecule is Cc1ccc(NC(=S)N[C@@H](NC(=O)C(c2ccccc2)c2ccccc2)C(Cl)(Cl)Cl)c(C)c1. The number of nitrogens with one attached hydrogen (secondary N) is 3. The summed E-state index contributed by atoms with van der Waals surface area (Å²) in [5, 5.41) is 9.07. The summed E-state index contributed by atoms with van der Waals surface area (Å²) in [5.41, 5.74) is 4.61. The number of anilines is 1. The molecule has 0 saturated heterocycles. The quantitative estimate of drug-likeness (QED) is 0.205. The molecule has 0 fully saturated rings. The number of hydrogen-bond acceptors (Lipinski definition) is 2. The van der Waals surface area contributed by atoms with Crippen molar-refractivity contribution in [1.82, 2.24) is 10.6 Å². The predicted octanol–water partition coefficient (Wildman–Crippen LogP) is 6.23. The highest BCUT2D eigenvalue weighted by molar-refractivity contribution is 7.80. The summed E-state index contributed by atoms with van der Waals surface area (Å²) in [6.45, 7) is 3.98. The summed E-state index contributed by atoms with van der Waals surface area (Å²) in [6.07, 6.45) is -1.07. The standard InChI is InChI=1S/C25H24Cl3N3OS/c1-16-13-14-20(17(2)15-16)29-24(33)31-23(25(26,27)28)30-22(32)21(18-9-5-3-6-10-18)19-11-7-4-8-12-19/h3-15,21,23H,1-2H3,(H,30,32)(H2,29,31,33)/t23-/m1/s1. The molecule has 0 aliphatic heterocycles. The molecule has 3 N–H and O–H groups in total. The van der Waals surface area contributed by atoms with E-state index in [9.17, 15) is 4.79 Å². The Hall–Kier alpha value is -2.31.